The third-order valence-corrected chi connectivity index (χ3v) is 2.25. The lowest BCUT2D eigenvalue weighted by Crippen LogP contribution is -2.30. The van der Waals surface area contributed by atoms with Crippen LogP contribution in [0.3, 0.4) is 0 Å². The largest absolute Gasteiger partial charge is 0.313 e. The molecule has 1 unspecified atom stereocenters. The molecule has 0 radical (unpaired) electrons. The Balaban J connectivity index is 2.53. The third kappa shape index (κ3) is 4.62. The van der Waals surface area contributed by atoms with Crippen molar-refractivity contribution >= 4 is 0 Å². The van der Waals surface area contributed by atoms with Gasteiger partial charge in [-0.3, -0.25) is 4.98 Å². The minimum Gasteiger partial charge on any atom is -0.313 e. The predicted molar refractivity (Wildman–Crippen MR) is 63.5 cm³/mol. The number of pyridine rings is 1. The van der Waals surface area contributed by atoms with Crippen molar-refractivity contribution in [2.75, 3.05) is 6.54 Å². The van der Waals surface area contributed by atoms with Gasteiger partial charge >= 0.3 is 0 Å². The van der Waals surface area contributed by atoms with Crippen molar-refractivity contribution in [1.82, 2.24) is 10.3 Å². The van der Waals surface area contributed by atoms with E-state index < -0.39 is 0 Å². The first-order valence-corrected chi connectivity index (χ1v) is 5.38. The van der Waals surface area contributed by atoms with Gasteiger partial charge in [0.15, 0.2) is 0 Å². The molecule has 80 valence electrons. The fourth-order valence-corrected chi connectivity index (χ4v) is 1.53. The Morgan fingerprint density at radius 3 is 2.73 bits per heavy atom. The Morgan fingerprint density at radius 2 is 2.13 bits per heavy atom. The number of nitrogens with one attached hydrogen (secondary N) is 1. The van der Waals surface area contributed by atoms with E-state index in [0.29, 0.717) is 6.04 Å². The van der Waals surface area contributed by atoms with E-state index in [-0.39, 0.29) is 0 Å². The van der Waals surface area contributed by atoms with Gasteiger partial charge in [0.25, 0.3) is 0 Å². The summed E-state index contributed by atoms with van der Waals surface area (Å²) in [5.74, 6) is 6.07. The number of rotatable bonds is 5. The lowest BCUT2D eigenvalue weighted by atomic mass is 10.0. The molecule has 0 aliphatic carbocycles. The van der Waals surface area contributed by atoms with Crippen LogP contribution in [0.1, 0.15) is 25.8 Å². The summed E-state index contributed by atoms with van der Waals surface area (Å²) >= 11 is 0. The van der Waals surface area contributed by atoms with Gasteiger partial charge < -0.3 is 5.32 Å². The number of hydrogen-bond donors (Lipinski definition) is 1. The maximum Gasteiger partial charge on any atom is 0.0270 e. The van der Waals surface area contributed by atoms with Crippen molar-refractivity contribution in [3.63, 3.8) is 0 Å². The van der Waals surface area contributed by atoms with Crippen LogP contribution in [-0.2, 0) is 6.42 Å². The van der Waals surface area contributed by atoms with Crippen molar-refractivity contribution in [2.45, 2.75) is 32.7 Å². The quantitative estimate of drug-likeness (QED) is 0.739. The molecule has 2 nitrogen and oxygen atoms in total. The van der Waals surface area contributed by atoms with Crippen molar-refractivity contribution < 1.29 is 0 Å². The van der Waals surface area contributed by atoms with E-state index in [2.05, 4.69) is 41.2 Å². The second-order valence-corrected chi connectivity index (χ2v) is 3.45. The summed E-state index contributed by atoms with van der Waals surface area (Å²) in [5, 5.41) is 3.44. The molecule has 0 aromatic carbocycles. The molecule has 0 saturated heterocycles. The van der Waals surface area contributed by atoms with E-state index in [9.17, 15) is 0 Å². The van der Waals surface area contributed by atoms with E-state index in [0.717, 1.165) is 19.4 Å². The van der Waals surface area contributed by atoms with Crippen molar-refractivity contribution in [3.8, 4) is 11.8 Å². The highest BCUT2D eigenvalue weighted by atomic mass is 14.9. The maximum absolute atomic E-state index is 4.01. The SMILES string of the molecule is CC#CCC(Cc1ccncc1)NCC. The number of likely N-dealkylation sites (N-methyl/N-ethyl adjacent to an activating group) is 1. The first-order valence-electron chi connectivity index (χ1n) is 5.38. The Kier molecular flexibility index (Phi) is 5.50. The molecule has 1 atom stereocenters. The van der Waals surface area contributed by atoms with Crippen LogP contribution < -0.4 is 5.32 Å². The van der Waals surface area contributed by atoms with Gasteiger partial charge in [-0.05, 0) is 37.6 Å². The maximum atomic E-state index is 4.01. The summed E-state index contributed by atoms with van der Waals surface area (Å²) < 4.78 is 0. The van der Waals surface area contributed by atoms with Crippen LogP contribution in [0.15, 0.2) is 24.5 Å². The standard InChI is InChI=1S/C13H18N2/c1-3-5-6-13(15-4-2)11-12-7-9-14-10-8-12/h7-10,13,15H,4,6,11H2,1-2H3. The first-order chi connectivity index (χ1) is 7.36. The van der Waals surface area contributed by atoms with Gasteiger partial charge in [0, 0.05) is 24.9 Å². The third-order valence-electron chi connectivity index (χ3n) is 2.25. The van der Waals surface area contributed by atoms with Crippen molar-refractivity contribution in [1.29, 1.82) is 0 Å². The van der Waals surface area contributed by atoms with E-state index in [1.807, 2.05) is 19.3 Å². The second kappa shape index (κ2) is 7.03. The molecule has 1 rings (SSSR count). The molecule has 0 fully saturated rings. The fourth-order valence-electron chi connectivity index (χ4n) is 1.53. The van der Waals surface area contributed by atoms with Gasteiger partial charge in [0.05, 0.1) is 0 Å². The minimum atomic E-state index is 0.449. The molecule has 2 heteroatoms. The van der Waals surface area contributed by atoms with Crippen LogP contribution >= 0.6 is 0 Å². The van der Waals surface area contributed by atoms with Crippen LogP contribution in [0, 0.1) is 11.8 Å². The number of aromatic nitrogens is 1. The monoisotopic (exact) mass is 202 g/mol. The van der Waals surface area contributed by atoms with E-state index in [1.54, 1.807) is 0 Å². The number of nitrogens with zero attached hydrogens (tertiary/aromatic N) is 1. The molecule has 0 spiro atoms. The van der Waals surface area contributed by atoms with Crippen molar-refractivity contribution in [3.05, 3.63) is 30.1 Å². The highest BCUT2D eigenvalue weighted by molar-refractivity contribution is 5.12. The summed E-state index contributed by atoms with van der Waals surface area (Å²) in [6.07, 6.45) is 5.60. The molecule has 0 amide bonds. The fraction of sp³-hybridized carbons (Fsp3) is 0.462. The first kappa shape index (κ1) is 11.7. The van der Waals surface area contributed by atoms with Gasteiger partial charge in [0.1, 0.15) is 0 Å². The van der Waals surface area contributed by atoms with E-state index in [1.165, 1.54) is 5.56 Å². The average Bonchev–Trinajstić information content (AvgIpc) is 2.28. The molecule has 0 bridgehead atoms. The summed E-state index contributed by atoms with van der Waals surface area (Å²) in [6.45, 7) is 5.00. The molecule has 1 heterocycles. The van der Waals surface area contributed by atoms with E-state index >= 15 is 0 Å². The highest BCUT2D eigenvalue weighted by Gasteiger charge is 2.05. The summed E-state index contributed by atoms with van der Waals surface area (Å²) in [4.78, 5) is 4.01. The van der Waals surface area contributed by atoms with Gasteiger partial charge in [-0.1, -0.05) is 6.92 Å². The molecule has 0 aliphatic rings. The summed E-state index contributed by atoms with van der Waals surface area (Å²) in [5.41, 5.74) is 1.31. The molecule has 1 N–H and O–H groups in total. The normalized spacial score (nSPS) is 11.6. The number of hydrogen-bond acceptors (Lipinski definition) is 2. The van der Waals surface area contributed by atoms with E-state index in [4.69, 9.17) is 0 Å². The topological polar surface area (TPSA) is 24.9 Å². The van der Waals surface area contributed by atoms with Gasteiger partial charge in [-0.2, -0.15) is 0 Å². The van der Waals surface area contributed by atoms with Crippen LogP contribution in [-0.4, -0.2) is 17.6 Å². The van der Waals surface area contributed by atoms with Gasteiger partial charge in [0.2, 0.25) is 0 Å². The molecule has 1 aromatic heterocycles. The zero-order chi connectivity index (χ0) is 10.9. The molecule has 0 aliphatic heterocycles. The predicted octanol–water partition coefficient (Wildman–Crippen LogP) is 2.02. The van der Waals surface area contributed by atoms with Crippen LogP contribution in [0.4, 0.5) is 0 Å². The van der Waals surface area contributed by atoms with Gasteiger partial charge in [-0.25, -0.2) is 0 Å². The smallest absolute Gasteiger partial charge is 0.0270 e. The summed E-state index contributed by atoms with van der Waals surface area (Å²) in [7, 11) is 0. The Hall–Kier alpha value is -1.33. The molecule has 0 saturated carbocycles. The lowest BCUT2D eigenvalue weighted by molar-refractivity contribution is 0.535. The second-order valence-electron chi connectivity index (χ2n) is 3.45. The van der Waals surface area contributed by atoms with Gasteiger partial charge in [-0.15, -0.1) is 11.8 Å². The molecular formula is C13H18N2. The van der Waals surface area contributed by atoms with Crippen LogP contribution in [0.5, 0.6) is 0 Å². The highest BCUT2D eigenvalue weighted by Crippen LogP contribution is 2.04. The minimum absolute atomic E-state index is 0.449. The van der Waals surface area contributed by atoms with Crippen molar-refractivity contribution in [2.24, 2.45) is 0 Å². The molecular weight excluding hydrogens is 184 g/mol. The molecule has 15 heavy (non-hydrogen) atoms. The Bertz CT molecular complexity index is 321. The van der Waals surface area contributed by atoms with Crippen LogP contribution in [0.25, 0.3) is 0 Å². The van der Waals surface area contributed by atoms with Crippen LogP contribution in [0.2, 0.25) is 0 Å². The zero-order valence-electron chi connectivity index (χ0n) is 9.46. The lowest BCUT2D eigenvalue weighted by Gasteiger charge is -2.14. The Morgan fingerprint density at radius 1 is 1.40 bits per heavy atom. The summed E-state index contributed by atoms with van der Waals surface area (Å²) in [6, 6.07) is 4.57. The molecule has 1 aromatic rings. The average molecular weight is 202 g/mol. The zero-order valence-corrected chi connectivity index (χ0v) is 9.46. The Labute approximate surface area is 92.1 Å².